The topological polar surface area (TPSA) is 38.7 Å². The van der Waals surface area contributed by atoms with Crippen molar-refractivity contribution in [3.63, 3.8) is 0 Å². The third-order valence-electron chi connectivity index (χ3n) is 2.67. The molecule has 0 atom stereocenters. The Morgan fingerprint density at radius 3 is 2.45 bits per heavy atom. The van der Waals surface area contributed by atoms with Crippen molar-refractivity contribution in [2.24, 2.45) is 4.99 Å². The Labute approximate surface area is 127 Å². The van der Waals surface area contributed by atoms with Crippen molar-refractivity contribution < 1.29 is 9.53 Å². The molecule has 0 unspecified atom stereocenters. The Bertz CT molecular complexity index is 519. The quantitative estimate of drug-likeness (QED) is 0.485. The lowest BCUT2D eigenvalue weighted by atomic mass is 10.1. The van der Waals surface area contributed by atoms with Gasteiger partial charge in [0, 0.05) is 5.56 Å². The molecule has 1 aromatic rings. The molecular weight excluding hydrogens is 290 g/mol. The SMILES string of the molecule is COC(=O)c1ccc(C(=NCS(C)(C)C)SC)cc1C. The first-order chi connectivity index (χ1) is 9.28. The zero-order chi connectivity index (χ0) is 15.3. The van der Waals surface area contributed by atoms with Crippen LogP contribution < -0.4 is 0 Å². The van der Waals surface area contributed by atoms with Gasteiger partial charge in [0.25, 0.3) is 0 Å². The maximum Gasteiger partial charge on any atom is 0.338 e. The number of hydrogen-bond acceptors (Lipinski definition) is 4. The molecule has 0 aromatic heterocycles. The minimum absolute atomic E-state index is 0.296. The summed E-state index contributed by atoms with van der Waals surface area (Å²) in [4.78, 5) is 16.3. The lowest BCUT2D eigenvalue weighted by Gasteiger charge is -2.22. The van der Waals surface area contributed by atoms with E-state index in [1.807, 2.05) is 31.4 Å². The van der Waals surface area contributed by atoms with Gasteiger partial charge >= 0.3 is 5.97 Å². The van der Waals surface area contributed by atoms with Gasteiger partial charge < -0.3 is 4.74 Å². The number of esters is 1. The van der Waals surface area contributed by atoms with Crippen molar-refractivity contribution in [3.05, 3.63) is 34.9 Å². The predicted molar refractivity (Wildman–Crippen MR) is 92.8 cm³/mol. The molecule has 0 bridgehead atoms. The van der Waals surface area contributed by atoms with Crippen LogP contribution in [0.1, 0.15) is 21.5 Å². The van der Waals surface area contributed by atoms with E-state index < -0.39 is 10.0 Å². The summed E-state index contributed by atoms with van der Waals surface area (Å²) in [5.41, 5.74) is 2.59. The average molecular weight is 313 g/mol. The van der Waals surface area contributed by atoms with Crippen LogP contribution in [-0.4, -0.2) is 49.0 Å². The van der Waals surface area contributed by atoms with E-state index >= 15 is 0 Å². The Morgan fingerprint density at radius 1 is 1.35 bits per heavy atom. The van der Waals surface area contributed by atoms with Gasteiger partial charge in [0.15, 0.2) is 0 Å². The number of methoxy groups -OCH3 is 1. The summed E-state index contributed by atoms with van der Waals surface area (Å²) in [5, 5.41) is 1.02. The number of rotatable bonds is 4. The number of carbonyl (C=O) groups excluding carboxylic acids is 1. The number of ether oxygens (including phenoxy) is 1. The average Bonchev–Trinajstić information content (AvgIpc) is 2.37. The minimum Gasteiger partial charge on any atom is -0.465 e. The molecule has 20 heavy (non-hydrogen) atoms. The van der Waals surface area contributed by atoms with E-state index in [9.17, 15) is 4.79 Å². The highest BCUT2D eigenvalue weighted by Gasteiger charge is 2.12. The fraction of sp³-hybridized carbons (Fsp3) is 0.467. The van der Waals surface area contributed by atoms with Crippen LogP contribution in [0, 0.1) is 6.92 Å². The fourth-order valence-corrected chi connectivity index (χ4v) is 2.82. The zero-order valence-corrected chi connectivity index (χ0v) is 14.7. The van der Waals surface area contributed by atoms with Gasteiger partial charge in [0.05, 0.1) is 23.6 Å². The van der Waals surface area contributed by atoms with Gasteiger partial charge in [0.1, 0.15) is 0 Å². The molecule has 0 spiro atoms. The fourth-order valence-electron chi connectivity index (χ4n) is 1.66. The van der Waals surface area contributed by atoms with Gasteiger partial charge in [-0.1, -0.05) is 6.07 Å². The lowest BCUT2D eigenvalue weighted by molar-refractivity contribution is 0.0600. The summed E-state index contributed by atoms with van der Waals surface area (Å²) in [7, 11) is 0.751. The molecule has 0 amide bonds. The first-order valence-electron chi connectivity index (χ1n) is 6.22. The molecule has 0 aliphatic rings. The van der Waals surface area contributed by atoms with Crippen LogP contribution >= 0.6 is 21.8 Å². The van der Waals surface area contributed by atoms with Crippen molar-refractivity contribution in [1.82, 2.24) is 0 Å². The summed E-state index contributed by atoms with van der Waals surface area (Å²) in [6.07, 6.45) is 8.78. The van der Waals surface area contributed by atoms with Gasteiger partial charge in [0.2, 0.25) is 0 Å². The Kier molecular flexibility index (Phi) is 6.14. The molecule has 112 valence electrons. The van der Waals surface area contributed by atoms with E-state index in [4.69, 9.17) is 9.73 Å². The van der Waals surface area contributed by atoms with Crippen LogP contribution in [0.3, 0.4) is 0 Å². The van der Waals surface area contributed by atoms with Crippen molar-refractivity contribution >= 4 is 32.8 Å². The molecule has 0 saturated heterocycles. The molecule has 0 fully saturated rings. The van der Waals surface area contributed by atoms with Crippen LogP contribution in [0.4, 0.5) is 0 Å². The van der Waals surface area contributed by atoms with E-state index in [1.54, 1.807) is 11.8 Å². The van der Waals surface area contributed by atoms with E-state index in [0.717, 1.165) is 22.0 Å². The van der Waals surface area contributed by atoms with Crippen LogP contribution in [0.2, 0.25) is 0 Å². The number of benzene rings is 1. The minimum atomic E-state index is -0.648. The molecule has 0 radical (unpaired) electrons. The molecule has 0 N–H and O–H groups in total. The second-order valence-corrected chi connectivity index (χ2v) is 10.6. The van der Waals surface area contributed by atoms with Gasteiger partial charge in [-0.3, -0.25) is 4.99 Å². The molecule has 0 heterocycles. The predicted octanol–water partition coefficient (Wildman–Crippen LogP) is 3.54. The molecule has 0 aliphatic heterocycles. The summed E-state index contributed by atoms with van der Waals surface area (Å²) in [5.74, 6) is 0.567. The van der Waals surface area contributed by atoms with Gasteiger partial charge in [-0.15, -0.1) is 11.8 Å². The highest BCUT2D eigenvalue weighted by molar-refractivity contribution is 8.32. The summed E-state index contributed by atoms with van der Waals surface area (Å²) in [6, 6.07) is 5.75. The zero-order valence-electron chi connectivity index (χ0n) is 13.0. The third-order valence-corrected chi connectivity index (χ3v) is 4.32. The van der Waals surface area contributed by atoms with Crippen molar-refractivity contribution in [1.29, 1.82) is 0 Å². The monoisotopic (exact) mass is 313 g/mol. The van der Waals surface area contributed by atoms with E-state index in [0.29, 0.717) is 5.56 Å². The van der Waals surface area contributed by atoms with Crippen molar-refractivity contribution in [3.8, 4) is 0 Å². The molecule has 3 nitrogen and oxygen atoms in total. The lowest BCUT2D eigenvalue weighted by Crippen LogP contribution is -2.06. The van der Waals surface area contributed by atoms with Crippen molar-refractivity contribution in [2.45, 2.75) is 6.92 Å². The smallest absolute Gasteiger partial charge is 0.338 e. The summed E-state index contributed by atoms with van der Waals surface area (Å²) < 4.78 is 4.76. The number of aryl methyl sites for hydroxylation is 1. The Balaban J connectivity index is 3.06. The van der Waals surface area contributed by atoms with E-state index in [2.05, 4.69) is 18.8 Å². The maximum absolute atomic E-state index is 11.6. The van der Waals surface area contributed by atoms with E-state index in [-0.39, 0.29) is 5.97 Å². The van der Waals surface area contributed by atoms with Crippen LogP contribution in [0.15, 0.2) is 23.2 Å². The second kappa shape index (κ2) is 7.18. The molecule has 0 aliphatic carbocycles. The normalized spacial score (nSPS) is 13.2. The summed E-state index contributed by atoms with van der Waals surface area (Å²) in [6.45, 7) is 1.92. The number of aliphatic imine (C=N–C) groups is 1. The Morgan fingerprint density at radius 2 is 2.00 bits per heavy atom. The standard InChI is InChI=1S/C15H23NO2S2/c1-11-9-12(7-8-13(11)15(17)18-2)14(19-3)16-10-20(4,5)6/h7-9H,10H2,1-6H3. The number of carbonyl (C=O) groups is 1. The largest absolute Gasteiger partial charge is 0.465 e. The van der Waals surface area contributed by atoms with Crippen LogP contribution in [-0.2, 0) is 4.74 Å². The Hall–Kier alpha value is -0.940. The number of thioether (sulfide) groups is 1. The highest BCUT2D eigenvalue weighted by Crippen LogP contribution is 2.34. The highest BCUT2D eigenvalue weighted by atomic mass is 32.3. The van der Waals surface area contributed by atoms with Gasteiger partial charge in [-0.2, -0.15) is 0 Å². The first kappa shape index (κ1) is 17.1. The maximum atomic E-state index is 11.6. The number of hydrogen-bond donors (Lipinski definition) is 0. The van der Waals surface area contributed by atoms with Crippen LogP contribution in [0.25, 0.3) is 0 Å². The molecule has 0 saturated carbocycles. The summed E-state index contributed by atoms with van der Waals surface area (Å²) >= 11 is 1.64. The second-order valence-electron chi connectivity index (χ2n) is 5.41. The van der Waals surface area contributed by atoms with Gasteiger partial charge in [-0.25, -0.2) is 14.8 Å². The first-order valence-corrected chi connectivity index (χ1v) is 10.5. The molecular formula is C15H23NO2S2. The third kappa shape index (κ3) is 4.87. The molecule has 5 heteroatoms. The molecule has 1 aromatic carbocycles. The van der Waals surface area contributed by atoms with Crippen LogP contribution in [0.5, 0.6) is 0 Å². The van der Waals surface area contributed by atoms with Gasteiger partial charge in [-0.05, 0) is 49.6 Å². The van der Waals surface area contributed by atoms with Crippen molar-refractivity contribution in [2.75, 3.05) is 38.0 Å². The van der Waals surface area contributed by atoms with E-state index in [1.165, 1.54) is 7.11 Å². The number of nitrogens with zero attached hydrogens (tertiary/aromatic N) is 1. The molecule has 1 rings (SSSR count).